The number of halogens is 3. The number of hydrogen-bond donors (Lipinski definition) is 0. The van der Waals surface area contributed by atoms with Crippen molar-refractivity contribution in [3.8, 4) is 17.1 Å². The quantitative estimate of drug-likeness (QED) is 0.0638. The second-order valence-corrected chi connectivity index (χ2v) is 12.6. The Balaban J connectivity index is 1.49. The number of rotatable bonds is 21. The molecule has 0 saturated heterocycles. The van der Waals surface area contributed by atoms with E-state index in [2.05, 4.69) is 23.8 Å². The van der Waals surface area contributed by atoms with E-state index < -0.39 is 24.2 Å². The first kappa shape index (κ1) is 38.7. The Morgan fingerprint density at radius 3 is 1.85 bits per heavy atom. The Labute approximate surface area is 283 Å². The van der Waals surface area contributed by atoms with E-state index in [0.717, 1.165) is 49.7 Å². The molecule has 6 nitrogen and oxygen atoms in total. The van der Waals surface area contributed by atoms with Gasteiger partial charge in [0.2, 0.25) is 0 Å². The highest BCUT2D eigenvalue weighted by atomic mass is 19.4. The number of aryl methyl sites for hydroxylation is 2. The second kappa shape index (κ2) is 20.6. The van der Waals surface area contributed by atoms with Crippen LogP contribution in [0.5, 0.6) is 5.75 Å². The molecule has 3 rings (SSSR count). The smallest absolute Gasteiger partial charge is 0.425 e. The fourth-order valence-electron chi connectivity index (χ4n) is 5.54. The minimum absolute atomic E-state index is 0.0137. The van der Waals surface area contributed by atoms with Gasteiger partial charge in [0.05, 0.1) is 11.1 Å². The number of aromatic nitrogens is 2. The Kier molecular flexibility index (Phi) is 16.6. The van der Waals surface area contributed by atoms with Crippen molar-refractivity contribution in [2.45, 2.75) is 136 Å². The predicted molar refractivity (Wildman–Crippen MR) is 183 cm³/mol. The van der Waals surface area contributed by atoms with Crippen molar-refractivity contribution < 1.29 is 32.2 Å². The summed E-state index contributed by atoms with van der Waals surface area (Å²) in [5.41, 5.74) is 2.49. The average Bonchev–Trinajstić information content (AvgIpc) is 3.07. The van der Waals surface area contributed by atoms with Crippen LogP contribution in [0.1, 0.15) is 142 Å². The lowest BCUT2D eigenvalue weighted by Gasteiger charge is -2.21. The monoisotopic (exact) mass is 668 g/mol. The third kappa shape index (κ3) is 13.4. The molecule has 0 aliphatic carbocycles. The van der Waals surface area contributed by atoms with E-state index in [1.807, 2.05) is 12.4 Å². The van der Waals surface area contributed by atoms with Gasteiger partial charge in [0, 0.05) is 18.0 Å². The molecule has 0 bridgehead atoms. The van der Waals surface area contributed by atoms with Gasteiger partial charge >= 0.3 is 18.1 Å². The number of carbonyl (C=O) groups is 2. The van der Waals surface area contributed by atoms with E-state index in [-0.39, 0.29) is 17.7 Å². The molecule has 0 amide bonds. The highest BCUT2D eigenvalue weighted by molar-refractivity contribution is 5.93. The summed E-state index contributed by atoms with van der Waals surface area (Å²) < 4.78 is 51.2. The highest BCUT2D eigenvalue weighted by Crippen LogP contribution is 2.29. The molecule has 0 radical (unpaired) electrons. The molecule has 9 heteroatoms. The van der Waals surface area contributed by atoms with E-state index in [9.17, 15) is 22.8 Å². The summed E-state index contributed by atoms with van der Waals surface area (Å²) >= 11 is 0. The molecule has 0 saturated carbocycles. The van der Waals surface area contributed by atoms with Crippen molar-refractivity contribution in [1.29, 1.82) is 0 Å². The lowest BCUT2D eigenvalue weighted by atomic mass is 10.1. The zero-order valence-corrected chi connectivity index (χ0v) is 28.7. The molecule has 0 N–H and O–H groups in total. The predicted octanol–water partition coefficient (Wildman–Crippen LogP) is 11.2. The first-order valence-electron chi connectivity index (χ1n) is 17.6. The van der Waals surface area contributed by atoms with Crippen LogP contribution in [0.3, 0.4) is 0 Å². The van der Waals surface area contributed by atoms with E-state index in [1.54, 1.807) is 31.2 Å². The summed E-state index contributed by atoms with van der Waals surface area (Å²) in [6.45, 7) is 5.86. The van der Waals surface area contributed by atoms with Gasteiger partial charge in [-0.3, -0.25) is 0 Å². The molecule has 0 spiro atoms. The van der Waals surface area contributed by atoms with E-state index >= 15 is 0 Å². The Morgan fingerprint density at radius 1 is 0.729 bits per heavy atom. The van der Waals surface area contributed by atoms with Gasteiger partial charge in [-0.2, -0.15) is 13.2 Å². The van der Waals surface area contributed by atoms with Crippen molar-refractivity contribution in [2.24, 2.45) is 0 Å². The molecule has 262 valence electrons. The number of alkyl halides is 3. The summed E-state index contributed by atoms with van der Waals surface area (Å²) in [5, 5.41) is 0. The number of ether oxygens (including phenoxy) is 2. The fourth-order valence-corrected chi connectivity index (χ4v) is 5.54. The third-order valence-electron chi connectivity index (χ3n) is 8.47. The SMILES string of the molecule is CCCCCCCCCCc1cnc(-c2ccc(C(=O)Oc3ccc(C(=O)O[C@H](CCCCCCCC)C(F)(F)F)c(C)c3)cc2)nc1. The first-order valence-corrected chi connectivity index (χ1v) is 17.6. The van der Waals surface area contributed by atoms with Crippen molar-refractivity contribution in [3.63, 3.8) is 0 Å². The van der Waals surface area contributed by atoms with E-state index in [0.29, 0.717) is 29.8 Å². The molecule has 48 heavy (non-hydrogen) atoms. The van der Waals surface area contributed by atoms with E-state index in [1.165, 1.54) is 63.1 Å². The number of nitrogens with zero attached hydrogens (tertiary/aromatic N) is 2. The summed E-state index contributed by atoms with van der Waals surface area (Å²) in [4.78, 5) is 34.5. The molecule has 0 aliphatic rings. The normalized spacial score (nSPS) is 12.1. The zero-order chi connectivity index (χ0) is 34.8. The fraction of sp³-hybridized carbons (Fsp3) is 0.538. The van der Waals surface area contributed by atoms with Crippen LogP contribution in [-0.4, -0.2) is 34.2 Å². The van der Waals surface area contributed by atoms with Gasteiger partial charge in [0.1, 0.15) is 5.75 Å². The zero-order valence-electron chi connectivity index (χ0n) is 28.7. The molecular weight excluding hydrogens is 617 g/mol. The highest BCUT2D eigenvalue weighted by Gasteiger charge is 2.42. The molecule has 0 fully saturated rings. The van der Waals surface area contributed by atoms with Gasteiger partial charge in [0.25, 0.3) is 0 Å². The Bertz CT molecular complexity index is 1390. The number of esters is 2. The topological polar surface area (TPSA) is 78.4 Å². The molecular formula is C39H51F3N2O4. The van der Waals surface area contributed by atoms with Crippen LogP contribution in [0.15, 0.2) is 54.9 Å². The molecule has 1 atom stereocenters. The van der Waals surface area contributed by atoms with Crippen molar-refractivity contribution >= 4 is 11.9 Å². The van der Waals surface area contributed by atoms with Crippen LogP contribution in [-0.2, 0) is 11.2 Å². The summed E-state index contributed by atoms with van der Waals surface area (Å²) in [5.74, 6) is -0.952. The van der Waals surface area contributed by atoms with Crippen LogP contribution in [0.25, 0.3) is 11.4 Å². The molecule has 0 aliphatic heterocycles. The maximum absolute atomic E-state index is 13.6. The molecule has 1 heterocycles. The van der Waals surface area contributed by atoms with Crippen LogP contribution in [0, 0.1) is 6.92 Å². The van der Waals surface area contributed by atoms with Gasteiger partial charge in [0.15, 0.2) is 11.9 Å². The van der Waals surface area contributed by atoms with Crippen LogP contribution < -0.4 is 4.74 Å². The number of unbranched alkanes of at least 4 members (excludes halogenated alkanes) is 12. The molecule has 3 aromatic rings. The summed E-state index contributed by atoms with van der Waals surface area (Å²) in [6, 6.07) is 10.9. The largest absolute Gasteiger partial charge is 0.449 e. The average molecular weight is 669 g/mol. The van der Waals surface area contributed by atoms with Crippen LogP contribution in [0.2, 0.25) is 0 Å². The van der Waals surface area contributed by atoms with Gasteiger partial charge < -0.3 is 9.47 Å². The third-order valence-corrected chi connectivity index (χ3v) is 8.47. The van der Waals surface area contributed by atoms with Gasteiger partial charge in [-0.1, -0.05) is 103 Å². The maximum atomic E-state index is 13.6. The van der Waals surface area contributed by atoms with Gasteiger partial charge in [-0.15, -0.1) is 0 Å². The van der Waals surface area contributed by atoms with Crippen molar-refractivity contribution in [1.82, 2.24) is 9.97 Å². The summed E-state index contributed by atoms with van der Waals surface area (Å²) in [7, 11) is 0. The van der Waals surface area contributed by atoms with Gasteiger partial charge in [-0.25, -0.2) is 19.6 Å². The van der Waals surface area contributed by atoms with Crippen LogP contribution >= 0.6 is 0 Å². The van der Waals surface area contributed by atoms with E-state index in [4.69, 9.17) is 9.47 Å². The summed E-state index contributed by atoms with van der Waals surface area (Å²) in [6.07, 6.45) is 12.7. The van der Waals surface area contributed by atoms with Crippen LogP contribution in [0.4, 0.5) is 13.2 Å². The standard InChI is InChI=1S/C39H51F3N2O4/c1-4-6-8-10-12-13-14-16-18-30-27-43-36(44-28-30)31-20-22-32(23-21-31)37(45)47-33-24-25-34(29(3)26-33)38(46)48-35(39(40,41)42)19-17-15-11-9-7-5-2/h20-28,35H,4-19H2,1-3H3/t35-/m1/s1. The first-order chi connectivity index (χ1) is 23.1. The lowest BCUT2D eigenvalue weighted by molar-refractivity contribution is -0.206. The number of benzene rings is 2. The van der Waals surface area contributed by atoms with Crippen molar-refractivity contribution in [2.75, 3.05) is 0 Å². The number of hydrogen-bond acceptors (Lipinski definition) is 6. The Hall–Kier alpha value is -3.75. The second-order valence-electron chi connectivity index (χ2n) is 12.6. The van der Waals surface area contributed by atoms with Gasteiger partial charge in [-0.05, 0) is 74.1 Å². The minimum atomic E-state index is -4.65. The molecule has 0 unspecified atom stereocenters. The lowest BCUT2D eigenvalue weighted by Crippen LogP contribution is -2.34. The van der Waals surface area contributed by atoms with Crippen molar-refractivity contribution in [3.05, 3.63) is 77.1 Å². The molecule has 1 aromatic heterocycles. The number of carbonyl (C=O) groups excluding carboxylic acids is 2. The molecule has 2 aromatic carbocycles. The Morgan fingerprint density at radius 2 is 1.29 bits per heavy atom. The maximum Gasteiger partial charge on any atom is 0.425 e. The minimum Gasteiger partial charge on any atom is -0.449 e.